The molecular weight excluding hydrogens is 200 g/mol. The highest BCUT2D eigenvalue weighted by Crippen LogP contribution is 2.17. The maximum Gasteiger partial charge on any atom is 0.118 e. The van der Waals surface area contributed by atoms with Crippen LogP contribution in [0, 0.1) is 19.3 Å². The minimum Gasteiger partial charge on any atom is -0.508 e. The number of aryl methyl sites for hydroxylation is 1. The van der Waals surface area contributed by atoms with E-state index in [1.54, 1.807) is 6.07 Å². The summed E-state index contributed by atoms with van der Waals surface area (Å²) in [6, 6.07) is 5.52. The molecule has 1 aromatic carbocycles. The third-order valence-corrected chi connectivity index (χ3v) is 2.39. The first-order chi connectivity index (χ1) is 7.74. The lowest BCUT2D eigenvalue weighted by atomic mass is 10.1. The van der Waals surface area contributed by atoms with E-state index in [1.807, 2.05) is 19.1 Å². The van der Waals surface area contributed by atoms with E-state index in [-0.39, 0.29) is 0 Å². The minimum absolute atomic E-state index is 0.331. The molecule has 16 heavy (non-hydrogen) atoms. The van der Waals surface area contributed by atoms with Gasteiger partial charge in [0.2, 0.25) is 0 Å². The molecule has 1 N–H and O–H groups in total. The highest BCUT2D eigenvalue weighted by molar-refractivity contribution is 5.34. The molecule has 0 aliphatic carbocycles. The molecule has 2 heteroatoms. The molecule has 0 spiro atoms. The number of ether oxygens (including phenoxy) is 1. The van der Waals surface area contributed by atoms with E-state index >= 15 is 0 Å². The number of hydrogen-bond acceptors (Lipinski definition) is 2. The summed E-state index contributed by atoms with van der Waals surface area (Å²) in [5, 5.41) is 9.35. The maximum absolute atomic E-state index is 9.35. The third-order valence-electron chi connectivity index (χ3n) is 2.39. The van der Waals surface area contributed by atoms with Crippen molar-refractivity contribution in [3.63, 3.8) is 0 Å². The van der Waals surface area contributed by atoms with Crippen molar-refractivity contribution < 1.29 is 9.84 Å². The Morgan fingerprint density at radius 1 is 1.38 bits per heavy atom. The first-order valence-corrected chi connectivity index (χ1v) is 5.53. The quantitative estimate of drug-likeness (QED) is 0.587. The maximum atomic E-state index is 9.35. The Morgan fingerprint density at radius 3 is 2.88 bits per heavy atom. The van der Waals surface area contributed by atoms with Crippen LogP contribution in [0.25, 0.3) is 0 Å². The predicted molar refractivity (Wildman–Crippen MR) is 65.2 cm³/mol. The number of phenolic OH excluding ortho intramolecular Hbond substituents is 1. The average Bonchev–Trinajstić information content (AvgIpc) is 2.28. The van der Waals surface area contributed by atoms with Crippen molar-refractivity contribution in [2.75, 3.05) is 6.61 Å². The molecule has 0 unspecified atom stereocenters. The molecule has 0 saturated heterocycles. The topological polar surface area (TPSA) is 29.5 Å². The number of rotatable bonds is 6. The van der Waals surface area contributed by atoms with Crippen LogP contribution in [0.2, 0.25) is 0 Å². The second-order valence-electron chi connectivity index (χ2n) is 3.83. The molecular formula is C14H18O2. The molecule has 1 rings (SSSR count). The van der Waals surface area contributed by atoms with Gasteiger partial charge in [-0.3, -0.25) is 0 Å². The van der Waals surface area contributed by atoms with Crippen LogP contribution in [-0.4, -0.2) is 11.7 Å². The summed E-state index contributed by atoms with van der Waals surface area (Å²) in [6.07, 6.45) is 7.99. The van der Waals surface area contributed by atoms with Gasteiger partial charge in [-0.25, -0.2) is 0 Å². The Balaban J connectivity index is 2.22. The zero-order valence-electron chi connectivity index (χ0n) is 9.70. The van der Waals surface area contributed by atoms with Gasteiger partial charge in [-0.2, -0.15) is 0 Å². The molecule has 0 bridgehead atoms. The molecule has 0 amide bonds. The standard InChI is InChI=1S/C14H18O2/c1-3-4-5-6-9-16-11-13-7-8-14(15)12(2)10-13/h1,7-8,10,15H,4-6,9,11H2,2H3. The van der Waals surface area contributed by atoms with Crippen molar-refractivity contribution in [3.05, 3.63) is 29.3 Å². The molecule has 0 saturated carbocycles. The lowest BCUT2D eigenvalue weighted by Crippen LogP contribution is -1.95. The van der Waals surface area contributed by atoms with Gasteiger partial charge in [-0.15, -0.1) is 12.3 Å². The highest BCUT2D eigenvalue weighted by atomic mass is 16.5. The summed E-state index contributed by atoms with van der Waals surface area (Å²) < 4.78 is 5.51. The minimum atomic E-state index is 0.331. The Bertz CT molecular complexity index is 363. The van der Waals surface area contributed by atoms with Crippen molar-refractivity contribution in [3.8, 4) is 18.1 Å². The number of benzene rings is 1. The fraction of sp³-hybridized carbons (Fsp3) is 0.429. The molecule has 0 aliphatic rings. The fourth-order valence-corrected chi connectivity index (χ4v) is 1.43. The summed E-state index contributed by atoms with van der Waals surface area (Å²) in [5.41, 5.74) is 1.97. The van der Waals surface area contributed by atoms with Gasteiger partial charge in [0.15, 0.2) is 0 Å². The Labute approximate surface area is 97.3 Å². The molecule has 0 aromatic heterocycles. The van der Waals surface area contributed by atoms with Crippen molar-refractivity contribution in [2.24, 2.45) is 0 Å². The van der Waals surface area contributed by atoms with Gasteiger partial charge >= 0.3 is 0 Å². The number of phenols is 1. The van der Waals surface area contributed by atoms with Crippen LogP contribution in [0.3, 0.4) is 0 Å². The van der Waals surface area contributed by atoms with Crippen LogP contribution in [0.1, 0.15) is 30.4 Å². The molecule has 0 radical (unpaired) electrons. The van der Waals surface area contributed by atoms with Gasteiger partial charge in [-0.1, -0.05) is 12.1 Å². The molecule has 0 atom stereocenters. The van der Waals surface area contributed by atoms with E-state index in [4.69, 9.17) is 11.2 Å². The molecule has 2 nitrogen and oxygen atoms in total. The third kappa shape index (κ3) is 4.37. The fourth-order valence-electron chi connectivity index (χ4n) is 1.43. The summed E-state index contributed by atoms with van der Waals surface area (Å²) in [4.78, 5) is 0. The summed E-state index contributed by atoms with van der Waals surface area (Å²) in [6.45, 7) is 3.21. The van der Waals surface area contributed by atoms with Crippen LogP contribution < -0.4 is 0 Å². The molecule has 0 aliphatic heterocycles. The first-order valence-electron chi connectivity index (χ1n) is 5.53. The van der Waals surface area contributed by atoms with Gasteiger partial charge < -0.3 is 9.84 Å². The smallest absolute Gasteiger partial charge is 0.118 e. The lowest BCUT2D eigenvalue weighted by Gasteiger charge is -2.05. The Hall–Kier alpha value is -1.46. The zero-order valence-corrected chi connectivity index (χ0v) is 9.70. The average molecular weight is 218 g/mol. The first kappa shape index (κ1) is 12.6. The second kappa shape index (κ2) is 6.92. The number of hydrogen-bond donors (Lipinski definition) is 1. The van der Waals surface area contributed by atoms with Crippen molar-refractivity contribution in [1.29, 1.82) is 0 Å². The van der Waals surface area contributed by atoms with Crippen LogP contribution in [0.4, 0.5) is 0 Å². The van der Waals surface area contributed by atoms with E-state index in [9.17, 15) is 5.11 Å². The van der Waals surface area contributed by atoms with Gasteiger partial charge in [0.1, 0.15) is 5.75 Å². The van der Waals surface area contributed by atoms with Gasteiger partial charge in [0.05, 0.1) is 6.61 Å². The van der Waals surface area contributed by atoms with Crippen molar-refractivity contribution in [2.45, 2.75) is 32.8 Å². The van der Waals surface area contributed by atoms with Crippen molar-refractivity contribution >= 4 is 0 Å². The second-order valence-corrected chi connectivity index (χ2v) is 3.83. The summed E-state index contributed by atoms with van der Waals surface area (Å²) >= 11 is 0. The van der Waals surface area contributed by atoms with E-state index < -0.39 is 0 Å². The van der Waals surface area contributed by atoms with E-state index in [2.05, 4.69) is 5.92 Å². The highest BCUT2D eigenvalue weighted by Gasteiger charge is 1.98. The summed E-state index contributed by atoms with van der Waals surface area (Å²) in [5.74, 6) is 2.94. The largest absolute Gasteiger partial charge is 0.508 e. The Morgan fingerprint density at radius 2 is 2.19 bits per heavy atom. The van der Waals surface area contributed by atoms with Gasteiger partial charge in [0.25, 0.3) is 0 Å². The predicted octanol–water partition coefficient (Wildman–Crippen LogP) is 3.02. The van der Waals surface area contributed by atoms with Gasteiger partial charge in [-0.05, 0) is 37.0 Å². The molecule has 0 fully saturated rings. The van der Waals surface area contributed by atoms with Crippen LogP contribution in [0.15, 0.2) is 18.2 Å². The lowest BCUT2D eigenvalue weighted by molar-refractivity contribution is 0.117. The SMILES string of the molecule is C#CCCCCOCc1ccc(O)c(C)c1. The zero-order chi connectivity index (χ0) is 11.8. The van der Waals surface area contributed by atoms with E-state index in [1.165, 1.54) is 0 Å². The summed E-state index contributed by atoms with van der Waals surface area (Å²) in [7, 11) is 0. The van der Waals surface area contributed by atoms with E-state index in [0.29, 0.717) is 12.4 Å². The van der Waals surface area contributed by atoms with Crippen LogP contribution >= 0.6 is 0 Å². The molecule has 0 heterocycles. The van der Waals surface area contributed by atoms with Crippen LogP contribution in [0.5, 0.6) is 5.75 Å². The van der Waals surface area contributed by atoms with Crippen LogP contribution in [-0.2, 0) is 11.3 Å². The number of aromatic hydroxyl groups is 1. The van der Waals surface area contributed by atoms with Gasteiger partial charge in [0, 0.05) is 13.0 Å². The van der Waals surface area contributed by atoms with E-state index in [0.717, 1.165) is 37.0 Å². The normalized spacial score (nSPS) is 10.0. The monoisotopic (exact) mass is 218 g/mol. The number of terminal acetylenes is 1. The number of unbranched alkanes of at least 4 members (excludes halogenated alkanes) is 2. The van der Waals surface area contributed by atoms with Crippen molar-refractivity contribution in [1.82, 2.24) is 0 Å². The molecule has 86 valence electrons. The molecule has 1 aromatic rings. The Kier molecular flexibility index (Phi) is 5.45.